The Bertz CT molecular complexity index is 938. The largest absolute Gasteiger partial charge is 0.506 e. The van der Waals surface area contributed by atoms with Crippen molar-refractivity contribution in [3.8, 4) is 5.75 Å². The minimum Gasteiger partial charge on any atom is -0.506 e. The standard InChI is InChI=1S/C16H16Cl2N2O4S2/c17-14-9-11(15(18)25-14)16(22)19-12-8-10(4-5-13(12)21)26(23,24)20-6-2-1-3-7-20/h4-5,8-9,21H,1-3,6-7H2,(H,19,22). The number of nitrogens with zero attached hydrogens (tertiary/aromatic N) is 1. The fraction of sp³-hybridized carbons (Fsp3) is 0.312. The molecular weight excluding hydrogens is 419 g/mol. The fourth-order valence-electron chi connectivity index (χ4n) is 2.71. The van der Waals surface area contributed by atoms with Gasteiger partial charge in [-0.15, -0.1) is 11.3 Å². The number of aromatic hydroxyl groups is 1. The number of carbonyl (C=O) groups is 1. The summed E-state index contributed by atoms with van der Waals surface area (Å²) in [6.07, 6.45) is 2.64. The van der Waals surface area contributed by atoms with E-state index in [-0.39, 0.29) is 26.2 Å². The summed E-state index contributed by atoms with van der Waals surface area (Å²) in [5.74, 6) is -0.825. The van der Waals surface area contributed by atoms with Gasteiger partial charge in [0.05, 0.1) is 20.5 Å². The van der Waals surface area contributed by atoms with Gasteiger partial charge in [0.25, 0.3) is 5.91 Å². The zero-order valence-corrected chi connectivity index (χ0v) is 16.7. The molecule has 140 valence electrons. The first-order valence-corrected chi connectivity index (χ1v) is 10.9. The van der Waals surface area contributed by atoms with Crippen LogP contribution in [0.5, 0.6) is 5.75 Å². The van der Waals surface area contributed by atoms with Gasteiger partial charge in [-0.2, -0.15) is 4.31 Å². The van der Waals surface area contributed by atoms with Crippen molar-refractivity contribution >= 4 is 56.2 Å². The lowest BCUT2D eigenvalue weighted by Gasteiger charge is -2.26. The second kappa shape index (κ2) is 7.74. The van der Waals surface area contributed by atoms with Gasteiger partial charge >= 0.3 is 0 Å². The maximum Gasteiger partial charge on any atom is 0.258 e. The van der Waals surface area contributed by atoms with Gasteiger partial charge in [0, 0.05) is 13.1 Å². The number of hydrogen-bond acceptors (Lipinski definition) is 5. The summed E-state index contributed by atoms with van der Waals surface area (Å²) in [5, 5.41) is 12.5. The van der Waals surface area contributed by atoms with E-state index in [4.69, 9.17) is 23.2 Å². The van der Waals surface area contributed by atoms with Crippen LogP contribution in [-0.4, -0.2) is 36.8 Å². The lowest BCUT2D eigenvalue weighted by atomic mass is 10.2. The first-order valence-electron chi connectivity index (χ1n) is 7.88. The summed E-state index contributed by atoms with van der Waals surface area (Å²) in [7, 11) is -3.68. The molecule has 0 radical (unpaired) electrons. The third kappa shape index (κ3) is 3.99. The summed E-state index contributed by atoms with van der Waals surface area (Å²) < 4.78 is 27.5. The molecule has 0 aliphatic carbocycles. The van der Waals surface area contributed by atoms with Gasteiger partial charge in [-0.25, -0.2) is 8.42 Å². The number of amides is 1. The summed E-state index contributed by atoms with van der Waals surface area (Å²) in [4.78, 5) is 12.4. The van der Waals surface area contributed by atoms with Crippen molar-refractivity contribution in [2.75, 3.05) is 18.4 Å². The maximum absolute atomic E-state index is 12.8. The van der Waals surface area contributed by atoms with E-state index in [1.807, 2.05) is 0 Å². The first kappa shape index (κ1) is 19.4. The highest BCUT2D eigenvalue weighted by molar-refractivity contribution is 7.89. The van der Waals surface area contributed by atoms with Crippen molar-refractivity contribution in [2.24, 2.45) is 0 Å². The average molecular weight is 435 g/mol. The van der Waals surface area contributed by atoms with Crippen LogP contribution in [0.4, 0.5) is 5.69 Å². The van der Waals surface area contributed by atoms with Crippen molar-refractivity contribution in [1.29, 1.82) is 0 Å². The van der Waals surface area contributed by atoms with E-state index in [0.717, 1.165) is 30.6 Å². The number of benzene rings is 1. The average Bonchev–Trinajstić information content (AvgIpc) is 2.96. The molecule has 0 spiro atoms. The molecule has 0 unspecified atom stereocenters. The minimum atomic E-state index is -3.68. The molecule has 1 fully saturated rings. The van der Waals surface area contributed by atoms with E-state index in [9.17, 15) is 18.3 Å². The van der Waals surface area contributed by atoms with Gasteiger partial charge < -0.3 is 10.4 Å². The van der Waals surface area contributed by atoms with Crippen LogP contribution in [0, 0.1) is 0 Å². The monoisotopic (exact) mass is 434 g/mol. The van der Waals surface area contributed by atoms with Crippen LogP contribution in [-0.2, 0) is 10.0 Å². The molecule has 0 saturated carbocycles. The normalized spacial score (nSPS) is 15.8. The Labute approximate surface area is 165 Å². The molecule has 3 rings (SSSR count). The molecule has 6 nitrogen and oxygen atoms in total. The molecule has 1 aromatic heterocycles. The highest BCUT2D eigenvalue weighted by atomic mass is 35.5. The van der Waals surface area contributed by atoms with Crippen LogP contribution in [0.1, 0.15) is 29.6 Å². The van der Waals surface area contributed by atoms with Crippen molar-refractivity contribution in [2.45, 2.75) is 24.2 Å². The van der Waals surface area contributed by atoms with E-state index in [1.54, 1.807) is 0 Å². The van der Waals surface area contributed by atoms with E-state index >= 15 is 0 Å². The van der Waals surface area contributed by atoms with E-state index in [0.29, 0.717) is 17.4 Å². The van der Waals surface area contributed by atoms with E-state index < -0.39 is 15.9 Å². The predicted octanol–water partition coefficient (Wildman–Crippen LogP) is 4.19. The molecule has 2 heterocycles. The molecule has 2 N–H and O–H groups in total. The van der Waals surface area contributed by atoms with Gasteiger partial charge in [-0.3, -0.25) is 4.79 Å². The van der Waals surface area contributed by atoms with Crippen LogP contribution in [0.3, 0.4) is 0 Å². The molecule has 2 aromatic rings. The van der Waals surface area contributed by atoms with Crippen LogP contribution in [0.25, 0.3) is 0 Å². The SMILES string of the molecule is O=C(Nc1cc(S(=O)(=O)N2CCCCC2)ccc1O)c1cc(Cl)sc1Cl. The Hall–Kier alpha value is -1.32. The molecule has 1 amide bonds. The van der Waals surface area contributed by atoms with Crippen LogP contribution >= 0.6 is 34.5 Å². The summed E-state index contributed by atoms with van der Waals surface area (Å²) >= 11 is 12.8. The summed E-state index contributed by atoms with van der Waals surface area (Å²) in [5.41, 5.74) is 0.150. The zero-order chi connectivity index (χ0) is 18.9. The van der Waals surface area contributed by atoms with Crippen molar-refractivity contribution in [3.05, 3.63) is 38.5 Å². The van der Waals surface area contributed by atoms with Crippen LogP contribution in [0.2, 0.25) is 8.67 Å². The molecule has 26 heavy (non-hydrogen) atoms. The molecule has 1 aromatic carbocycles. The summed E-state index contributed by atoms with van der Waals surface area (Å²) in [6.45, 7) is 0.932. The Balaban J connectivity index is 1.88. The number of phenolic OH excluding ortho intramolecular Hbond substituents is 1. The molecule has 10 heteroatoms. The number of nitrogens with one attached hydrogen (secondary N) is 1. The number of anilines is 1. The van der Waals surface area contributed by atoms with Gasteiger partial charge in [-0.1, -0.05) is 29.6 Å². The zero-order valence-electron chi connectivity index (χ0n) is 13.5. The van der Waals surface area contributed by atoms with Gasteiger partial charge in [0.15, 0.2) is 0 Å². The first-order chi connectivity index (χ1) is 12.3. The van der Waals surface area contributed by atoms with Gasteiger partial charge in [0.1, 0.15) is 10.1 Å². The minimum absolute atomic E-state index is 0.00789. The number of halogens is 2. The van der Waals surface area contributed by atoms with Crippen LogP contribution < -0.4 is 5.32 Å². The Morgan fingerprint density at radius 1 is 1.15 bits per heavy atom. The number of piperidine rings is 1. The smallest absolute Gasteiger partial charge is 0.258 e. The molecule has 0 atom stereocenters. The molecule has 1 aliphatic heterocycles. The lowest BCUT2D eigenvalue weighted by Crippen LogP contribution is -2.35. The van der Waals surface area contributed by atoms with Crippen LogP contribution in [0.15, 0.2) is 29.2 Å². The number of sulfonamides is 1. The molecule has 1 aliphatic rings. The number of hydrogen-bond donors (Lipinski definition) is 2. The Morgan fingerprint density at radius 3 is 2.46 bits per heavy atom. The summed E-state index contributed by atoms with van der Waals surface area (Å²) in [6, 6.07) is 5.23. The topological polar surface area (TPSA) is 86.7 Å². The number of phenols is 1. The lowest BCUT2D eigenvalue weighted by molar-refractivity contribution is 0.102. The fourth-order valence-corrected chi connectivity index (χ4v) is 5.72. The third-order valence-corrected chi connectivity index (χ3v) is 7.45. The van der Waals surface area contributed by atoms with Gasteiger partial charge in [-0.05, 0) is 37.1 Å². The predicted molar refractivity (Wildman–Crippen MR) is 103 cm³/mol. The van der Waals surface area contributed by atoms with Gasteiger partial charge in [0.2, 0.25) is 10.0 Å². The maximum atomic E-state index is 12.8. The highest BCUT2D eigenvalue weighted by Gasteiger charge is 2.27. The Kier molecular flexibility index (Phi) is 5.78. The van der Waals surface area contributed by atoms with E-state index in [1.165, 1.54) is 28.6 Å². The number of thiophene rings is 1. The molecular formula is C16H16Cl2N2O4S2. The quantitative estimate of drug-likeness (QED) is 0.706. The molecule has 0 bridgehead atoms. The molecule has 1 saturated heterocycles. The highest BCUT2D eigenvalue weighted by Crippen LogP contribution is 2.33. The van der Waals surface area contributed by atoms with E-state index in [2.05, 4.69) is 5.32 Å². The van der Waals surface area contributed by atoms with Crippen molar-refractivity contribution < 1.29 is 18.3 Å². The second-order valence-corrected chi connectivity index (χ2v) is 10.1. The second-order valence-electron chi connectivity index (χ2n) is 5.84. The van der Waals surface area contributed by atoms with Crippen molar-refractivity contribution in [1.82, 2.24) is 4.31 Å². The Morgan fingerprint density at radius 2 is 1.85 bits per heavy atom. The van der Waals surface area contributed by atoms with Crippen molar-refractivity contribution in [3.63, 3.8) is 0 Å². The third-order valence-electron chi connectivity index (χ3n) is 4.07. The number of rotatable bonds is 4. The number of carbonyl (C=O) groups excluding carboxylic acids is 1.